The predicted octanol–water partition coefficient (Wildman–Crippen LogP) is -1.96. The number of nitrogens with two attached hydrogens (primary N) is 1. The highest BCUT2D eigenvalue weighted by atomic mass is 16.6. The summed E-state index contributed by atoms with van der Waals surface area (Å²) in [7, 11) is 0. The number of pyridine rings is 1. The SMILES string of the molecule is Nc1ccn([C@H]2O[C@@H](CO)[C@@H](O)[C@@H]2O)c(=O)c1. The van der Waals surface area contributed by atoms with Gasteiger partial charge in [0.1, 0.15) is 18.3 Å². The van der Waals surface area contributed by atoms with Crippen molar-refractivity contribution in [2.45, 2.75) is 24.5 Å². The lowest BCUT2D eigenvalue weighted by atomic mass is 10.1. The van der Waals surface area contributed by atoms with Crippen LogP contribution < -0.4 is 11.3 Å². The molecule has 1 fully saturated rings. The van der Waals surface area contributed by atoms with E-state index in [4.69, 9.17) is 15.6 Å². The first-order valence-corrected chi connectivity index (χ1v) is 5.14. The van der Waals surface area contributed by atoms with Gasteiger partial charge in [0, 0.05) is 18.0 Å². The Bertz CT molecular complexity index is 460. The molecular formula is C10H14N2O5. The van der Waals surface area contributed by atoms with Crippen LogP contribution in [0, 0.1) is 0 Å². The lowest BCUT2D eigenvalue weighted by Gasteiger charge is -2.17. The number of rotatable bonds is 2. The highest BCUT2D eigenvalue weighted by molar-refractivity contribution is 5.34. The summed E-state index contributed by atoms with van der Waals surface area (Å²) >= 11 is 0. The Morgan fingerprint density at radius 3 is 2.65 bits per heavy atom. The molecule has 0 bridgehead atoms. The Morgan fingerprint density at radius 2 is 2.12 bits per heavy atom. The molecule has 0 aliphatic carbocycles. The maximum Gasteiger partial charge on any atom is 0.254 e. The van der Waals surface area contributed by atoms with Crippen LogP contribution in [0.3, 0.4) is 0 Å². The first kappa shape index (κ1) is 12.1. The number of anilines is 1. The lowest BCUT2D eigenvalue weighted by Crippen LogP contribution is -2.35. The third-order valence-corrected chi connectivity index (χ3v) is 2.76. The number of aromatic nitrogens is 1. The molecule has 4 atom stereocenters. The van der Waals surface area contributed by atoms with E-state index in [1.54, 1.807) is 0 Å². The summed E-state index contributed by atoms with van der Waals surface area (Å²) in [5, 5.41) is 28.2. The van der Waals surface area contributed by atoms with Crippen LogP contribution in [0.15, 0.2) is 23.1 Å². The maximum absolute atomic E-state index is 11.6. The summed E-state index contributed by atoms with van der Waals surface area (Å²) in [5.74, 6) is 0. The van der Waals surface area contributed by atoms with Crippen molar-refractivity contribution in [2.75, 3.05) is 12.3 Å². The Kier molecular flexibility index (Phi) is 3.16. The Labute approximate surface area is 96.7 Å². The number of nitrogens with zero attached hydrogens (tertiary/aromatic N) is 1. The van der Waals surface area contributed by atoms with Crippen molar-refractivity contribution < 1.29 is 20.1 Å². The van der Waals surface area contributed by atoms with E-state index < -0.39 is 36.7 Å². The van der Waals surface area contributed by atoms with Gasteiger partial charge in [-0.05, 0) is 6.07 Å². The Hall–Kier alpha value is -1.41. The Balaban J connectivity index is 2.32. The zero-order chi connectivity index (χ0) is 12.6. The fourth-order valence-electron chi connectivity index (χ4n) is 1.83. The molecule has 5 N–H and O–H groups in total. The van der Waals surface area contributed by atoms with Gasteiger partial charge in [0.15, 0.2) is 6.23 Å². The number of aliphatic hydroxyl groups is 3. The van der Waals surface area contributed by atoms with E-state index in [0.717, 1.165) is 4.57 Å². The lowest BCUT2D eigenvalue weighted by molar-refractivity contribution is -0.0543. The average Bonchev–Trinajstić information content (AvgIpc) is 2.57. The molecule has 0 amide bonds. The summed E-state index contributed by atoms with van der Waals surface area (Å²) in [6, 6.07) is 2.67. The summed E-state index contributed by atoms with van der Waals surface area (Å²) in [6.07, 6.45) is -3.05. The van der Waals surface area contributed by atoms with E-state index in [-0.39, 0.29) is 0 Å². The topological polar surface area (TPSA) is 118 Å². The van der Waals surface area contributed by atoms with Gasteiger partial charge < -0.3 is 25.8 Å². The van der Waals surface area contributed by atoms with Gasteiger partial charge in [-0.2, -0.15) is 0 Å². The molecule has 0 unspecified atom stereocenters. The van der Waals surface area contributed by atoms with Crippen LogP contribution in [0.1, 0.15) is 6.23 Å². The molecule has 0 saturated carbocycles. The minimum Gasteiger partial charge on any atom is -0.399 e. The van der Waals surface area contributed by atoms with Crippen molar-refractivity contribution in [2.24, 2.45) is 0 Å². The third kappa shape index (κ3) is 2.05. The second kappa shape index (κ2) is 4.46. The van der Waals surface area contributed by atoms with Gasteiger partial charge in [-0.1, -0.05) is 0 Å². The zero-order valence-corrected chi connectivity index (χ0v) is 8.93. The van der Waals surface area contributed by atoms with Gasteiger partial charge in [-0.25, -0.2) is 0 Å². The number of hydrogen-bond donors (Lipinski definition) is 4. The van der Waals surface area contributed by atoms with Gasteiger partial charge in [0.05, 0.1) is 6.61 Å². The number of hydrogen-bond acceptors (Lipinski definition) is 6. The molecule has 1 aromatic heterocycles. The molecular weight excluding hydrogens is 228 g/mol. The summed E-state index contributed by atoms with van der Waals surface area (Å²) in [5.41, 5.74) is 5.29. The van der Waals surface area contributed by atoms with E-state index in [0.29, 0.717) is 5.69 Å². The van der Waals surface area contributed by atoms with Crippen LogP contribution in [-0.2, 0) is 4.74 Å². The quantitative estimate of drug-likeness (QED) is 0.478. The monoisotopic (exact) mass is 242 g/mol. The van der Waals surface area contributed by atoms with Crippen LogP contribution in [0.25, 0.3) is 0 Å². The molecule has 0 aromatic carbocycles. The van der Waals surface area contributed by atoms with Gasteiger partial charge in [0.2, 0.25) is 0 Å². The first-order chi connectivity index (χ1) is 8.04. The molecule has 94 valence electrons. The molecule has 1 aliphatic heterocycles. The smallest absolute Gasteiger partial charge is 0.254 e. The summed E-state index contributed by atoms with van der Waals surface area (Å²) < 4.78 is 6.34. The molecule has 0 spiro atoms. The standard InChI is InChI=1S/C10H14N2O5/c11-5-1-2-12(7(14)3-5)10-9(16)8(15)6(4-13)17-10/h1-3,6,8-10,13,15-16H,4,11H2/t6-,8+,9-,10-/m0/s1. The van der Waals surface area contributed by atoms with Crippen LogP contribution in [0.5, 0.6) is 0 Å². The summed E-state index contributed by atoms with van der Waals surface area (Å²) in [4.78, 5) is 11.6. The van der Waals surface area contributed by atoms with Crippen LogP contribution in [0.2, 0.25) is 0 Å². The number of nitrogen functional groups attached to an aromatic ring is 1. The highest BCUT2D eigenvalue weighted by Crippen LogP contribution is 2.28. The van der Waals surface area contributed by atoms with Gasteiger partial charge in [-0.15, -0.1) is 0 Å². The predicted molar refractivity (Wildman–Crippen MR) is 58.1 cm³/mol. The van der Waals surface area contributed by atoms with Crippen LogP contribution in [-0.4, -0.2) is 44.8 Å². The van der Waals surface area contributed by atoms with Gasteiger partial charge in [-0.3, -0.25) is 9.36 Å². The van der Waals surface area contributed by atoms with Crippen molar-refractivity contribution in [1.82, 2.24) is 4.57 Å². The molecule has 2 heterocycles. The molecule has 1 aliphatic rings. The third-order valence-electron chi connectivity index (χ3n) is 2.76. The first-order valence-electron chi connectivity index (χ1n) is 5.14. The molecule has 2 rings (SSSR count). The fourth-order valence-corrected chi connectivity index (χ4v) is 1.83. The van der Waals surface area contributed by atoms with Crippen LogP contribution >= 0.6 is 0 Å². The fraction of sp³-hybridized carbons (Fsp3) is 0.500. The number of ether oxygens (including phenoxy) is 1. The number of aliphatic hydroxyl groups excluding tert-OH is 3. The second-order valence-electron chi connectivity index (χ2n) is 3.93. The van der Waals surface area contributed by atoms with E-state index in [2.05, 4.69) is 0 Å². The Morgan fingerprint density at radius 1 is 1.41 bits per heavy atom. The zero-order valence-electron chi connectivity index (χ0n) is 8.93. The maximum atomic E-state index is 11.6. The van der Waals surface area contributed by atoms with Gasteiger partial charge >= 0.3 is 0 Å². The molecule has 1 saturated heterocycles. The highest BCUT2D eigenvalue weighted by Gasteiger charge is 2.43. The molecule has 0 radical (unpaired) electrons. The van der Waals surface area contributed by atoms with Crippen molar-refractivity contribution >= 4 is 5.69 Å². The van der Waals surface area contributed by atoms with E-state index >= 15 is 0 Å². The van der Waals surface area contributed by atoms with Gasteiger partial charge in [0.25, 0.3) is 5.56 Å². The van der Waals surface area contributed by atoms with Crippen molar-refractivity contribution in [3.05, 3.63) is 28.7 Å². The minimum absolute atomic E-state index is 0.304. The molecule has 1 aromatic rings. The molecule has 7 nitrogen and oxygen atoms in total. The van der Waals surface area contributed by atoms with Crippen LogP contribution in [0.4, 0.5) is 5.69 Å². The molecule has 7 heteroatoms. The van der Waals surface area contributed by atoms with E-state index in [1.807, 2.05) is 0 Å². The summed E-state index contributed by atoms with van der Waals surface area (Å²) in [6.45, 7) is -0.432. The van der Waals surface area contributed by atoms with E-state index in [1.165, 1.54) is 18.3 Å². The normalized spacial score (nSPS) is 32.9. The largest absolute Gasteiger partial charge is 0.399 e. The average molecular weight is 242 g/mol. The minimum atomic E-state index is -1.27. The van der Waals surface area contributed by atoms with Crippen molar-refractivity contribution in [3.8, 4) is 0 Å². The van der Waals surface area contributed by atoms with Crippen molar-refractivity contribution in [1.29, 1.82) is 0 Å². The molecule has 17 heavy (non-hydrogen) atoms. The van der Waals surface area contributed by atoms with Crippen molar-refractivity contribution in [3.63, 3.8) is 0 Å². The second-order valence-corrected chi connectivity index (χ2v) is 3.93. The van der Waals surface area contributed by atoms with E-state index in [9.17, 15) is 15.0 Å².